The van der Waals surface area contributed by atoms with Gasteiger partial charge in [-0.05, 0) is 20.8 Å². The third-order valence-electron chi connectivity index (χ3n) is 2.74. The van der Waals surface area contributed by atoms with Gasteiger partial charge in [0.25, 0.3) is 5.56 Å². The second-order valence-electron chi connectivity index (χ2n) is 6.03. The lowest BCUT2D eigenvalue weighted by Crippen LogP contribution is -2.39. The van der Waals surface area contributed by atoms with E-state index in [1.54, 1.807) is 20.8 Å². The Labute approximate surface area is 133 Å². The molecule has 1 aromatic rings. The molecule has 128 valence electrons. The number of nitrogens with one attached hydrogen (secondary N) is 2. The van der Waals surface area contributed by atoms with Crippen LogP contribution in [0.3, 0.4) is 0 Å². The molecule has 1 heterocycles. The van der Waals surface area contributed by atoms with Gasteiger partial charge in [-0.3, -0.25) is 14.2 Å². The Hall–Kier alpha value is -2.58. The van der Waals surface area contributed by atoms with Crippen molar-refractivity contribution in [1.82, 2.24) is 14.5 Å². The summed E-state index contributed by atoms with van der Waals surface area (Å²) in [7, 11) is 2.80. The molecular weight excluding hydrogens is 304 g/mol. The number of alkyl carbamates (subject to hydrolysis) is 1. The first-order valence-corrected chi connectivity index (χ1v) is 7.04. The zero-order valence-corrected chi connectivity index (χ0v) is 13.9. The monoisotopic (exact) mass is 326 g/mol. The molecule has 2 amide bonds. The highest BCUT2D eigenvalue weighted by Crippen LogP contribution is 2.06. The molecule has 0 spiro atoms. The van der Waals surface area contributed by atoms with Gasteiger partial charge in [0.15, 0.2) is 0 Å². The Kier molecular flexibility index (Phi) is 5.72. The number of ether oxygens (including phenoxy) is 1. The van der Waals surface area contributed by atoms with Gasteiger partial charge in [0.2, 0.25) is 5.91 Å². The van der Waals surface area contributed by atoms with E-state index in [4.69, 9.17) is 4.74 Å². The van der Waals surface area contributed by atoms with Crippen LogP contribution in [0.25, 0.3) is 0 Å². The van der Waals surface area contributed by atoms with E-state index in [1.807, 2.05) is 0 Å². The largest absolute Gasteiger partial charge is 0.444 e. The van der Waals surface area contributed by atoms with Gasteiger partial charge in [0.1, 0.15) is 11.3 Å². The molecule has 9 heteroatoms. The molecule has 0 saturated carbocycles. The molecule has 0 saturated heterocycles. The Morgan fingerprint density at radius 1 is 1.22 bits per heavy atom. The van der Waals surface area contributed by atoms with Crippen LogP contribution >= 0.6 is 0 Å². The fraction of sp³-hybridized carbons (Fsp3) is 0.571. The van der Waals surface area contributed by atoms with Crippen molar-refractivity contribution in [3.05, 3.63) is 27.0 Å². The van der Waals surface area contributed by atoms with Crippen LogP contribution in [0.15, 0.2) is 15.8 Å². The van der Waals surface area contributed by atoms with Crippen molar-refractivity contribution in [1.29, 1.82) is 0 Å². The summed E-state index contributed by atoms with van der Waals surface area (Å²) in [6.07, 6.45) is 0.595. The summed E-state index contributed by atoms with van der Waals surface area (Å²) in [6, 6.07) is 0. The van der Waals surface area contributed by atoms with E-state index in [2.05, 4.69) is 10.6 Å². The summed E-state index contributed by atoms with van der Waals surface area (Å²) in [5.74, 6) is -0.461. The van der Waals surface area contributed by atoms with Gasteiger partial charge in [-0.2, -0.15) is 0 Å². The summed E-state index contributed by atoms with van der Waals surface area (Å²) in [4.78, 5) is 46.6. The number of aromatic nitrogens is 2. The molecule has 2 N–H and O–H groups in total. The van der Waals surface area contributed by atoms with E-state index in [0.29, 0.717) is 0 Å². The second kappa shape index (κ2) is 7.12. The maximum atomic E-state index is 11.9. The fourth-order valence-corrected chi connectivity index (χ4v) is 1.70. The lowest BCUT2D eigenvalue weighted by Gasteiger charge is -2.19. The highest BCUT2D eigenvalue weighted by Gasteiger charge is 2.16. The molecule has 1 rings (SSSR count). The van der Waals surface area contributed by atoms with Crippen LogP contribution in [-0.2, 0) is 23.6 Å². The molecule has 0 atom stereocenters. The van der Waals surface area contributed by atoms with Gasteiger partial charge < -0.3 is 19.9 Å². The molecule has 9 nitrogen and oxygen atoms in total. The number of anilines is 1. The number of hydrogen-bond donors (Lipinski definition) is 2. The summed E-state index contributed by atoms with van der Waals surface area (Å²) in [5, 5.41) is 4.86. The summed E-state index contributed by atoms with van der Waals surface area (Å²) in [5.41, 5.74) is -1.70. The number of carbonyl (C=O) groups is 2. The zero-order chi connectivity index (χ0) is 17.8. The Morgan fingerprint density at radius 3 is 2.39 bits per heavy atom. The van der Waals surface area contributed by atoms with E-state index in [9.17, 15) is 19.2 Å². The minimum absolute atomic E-state index is 0.00290. The normalized spacial score (nSPS) is 11.0. The highest BCUT2D eigenvalue weighted by atomic mass is 16.6. The van der Waals surface area contributed by atoms with Crippen LogP contribution in [-0.4, -0.2) is 33.3 Å². The van der Waals surface area contributed by atoms with Crippen molar-refractivity contribution >= 4 is 17.7 Å². The molecule has 0 aliphatic rings. The summed E-state index contributed by atoms with van der Waals surface area (Å²) < 4.78 is 7.12. The average Bonchev–Trinajstić information content (AvgIpc) is 2.40. The first kappa shape index (κ1) is 18.5. The highest BCUT2D eigenvalue weighted by molar-refractivity contribution is 5.90. The van der Waals surface area contributed by atoms with Crippen LogP contribution in [0.2, 0.25) is 0 Å². The van der Waals surface area contributed by atoms with E-state index >= 15 is 0 Å². The minimum Gasteiger partial charge on any atom is -0.444 e. The molecule has 0 aromatic carbocycles. The summed E-state index contributed by atoms with van der Waals surface area (Å²) >= 11 is 0. The topological polar surface area (TPSA) is 111 Å². The van der Waals surface area contributed by atoms with E-state index in [0.717, 1.165) is 4.57 Å². The standard InChI is InChI=1S/C14H22N4O5/c1-14(2,3)23-12(21)15-7-6-10(19)16-9-8-17(4)13(22)18(5)11(9)20/h8H,6-7H2,1-5H3,(H,15,21)(H,16,19). The van der Waals surface area contributed by atoms with Gasteiger partial charge in [0.05, 0.1) is 0 Å². The van der Waals surface area contributed by atoms with Crippen molar-refractivity contribution in [3.63, 3.8) is 0 Å². The fourth-order valence-electron chi connectivity index (χ4n) is 1.70. The van der Waals surface area contributed by atoms with Crippen LogP contribution in [0.1, 0.15) is 27.2 Å². The van der Waals surface area contributed by atoms with Gasteiger partial charge in [-0.15, -0.1) is 0 Å². The Morgan fingerprint density at radius 2 is 1.83 bits per heavy atom. The lowest BCUT2D eigenvalue weighted by atomic mass is 10.2. The number of aryl methyl sites for hydroxylation is 1. The average molecular weight is 326 g/mol. The van der Waals surface area contributed by atoms with E-state index < -0.39 is 28.9 Å². The van der Waals surface area contributed by atoms with Gasteiger partial charge >= 0.3 is 11.8 Å². The lowest BCUT2D eigenvalue weighted by molar-refractivity contribution is -0.116. The predicted octanol–water partition coefficient (Wildman–Crippen LogP) is -0.0627. The van der Waals surface area contributed by atoms with Gasteiger partial charge in [-0.1, -0.05) is 0 Å². The predicted molar refractivity (Wildman–Crippen MR) is 84.4 cm³/mol. The molecule has 0 aliphatic heterocycles. The molecule has 0 aliphatic carbocycles. The summed E-state index contributed by atoms with van der Waals surface area (Å²) in [6.45, 7) is 5.26. The molecular formula is C14H22N4O5. The third-order valence-corrected chi connectivity index (χ3v) is 2.74. The number of rotatable bonds is 4. The van der Waals surface area contributed by atoms with Crippen molar-refractivity contribution in [3.8, 4) is 0 Å². The van der Waals surface area contributed by atoms with Crippen molar-refractivity contribution in [2.75, 3.05) is 11.9 Å². The van der Waals surface area contributed by atoms with E-state index in [1.165, 1.54) is 24.9 Å². The molecule has 0 radical (unpaired) electrons. The number of nitrogens with zero attached hydrogens (tertiary/aromatic N) is 2. The SMILES string of the molecule is Cn1cc(NC(=O)CCNC(=O)OC(C)(C)C)c(=O)n(C)c1=O. The second-order valence-corrected chi connectivity index (χ2v) is 6.03. The van der Waals surface area contributed by atoms with Crippen LogP contribution < -0.4 is 21.9 Å². The molecule has 0 fully saturated rings. The van der Waals surface area contributed by atoms with E-state index in [-0.39, 0.29) is 18.7 Å². The number of carbonyl (C=O) groups excluding carboxylic acids is 2. The minimum atomic E-state index is -0.622. The van der Waals surface area contributed by atoms with Crippen LogP contribution in [0.5, 0.6) is 0 Å². The number of hydrogen-bond acceptors (Lipinski definition) is 5. The van der Waals surface area contributed by atoms with Gasteiger partial charge in [-0.25, -0.2) is 9.59 Å². The Balaban J connectivity index is 2.57. The van der Waals surface area contributed by atoms with Crippen LogP contribution in [0, 0.1) is 0 Å². The zero-order valence-electron chi connectivity index (χ0n) is 13.9. The maximum absolute atomic E-state index is 11.9. The molecule has 1 aromatic heterocycles. The van der Waals surface area contributed by atoms with Crippen molar-refractivity contribution < 1.29 is 14.3 Å². The molecule has 0 unspecified atom stereocenters. The molecule has 23 heavy (non-hydrogen) atoms. The quantitative estimate of drug-likeness (QED) is 0.805. The smallest absolute Gasteiger partial charge is 0.407 e. The third kappa shape index (κ3) is 5.61. The van der Waals surface area contributed by atoms with Crippen LogP contribution in [0.4, 0.5) is 10.5 Å². The Bertz CT molecular complexity index is 711. The molecule has 0 bridgehead atoms. The van der Waals surface area contributed by atoms with Gasteiger partial charge in [0, 0.05) is 33.3 Å². The maximum Gasteiger partial charge on any atom is 0.407 e. The number of amides is 2. The first-order chi connectivity index (χ1) is 10.5. The first-order valence-electron chi connectivity index (χ1n) is 7.04. The van der Waals surface area contributed by atoms with Crippen molar-refractivity contribution in [2.24, 2.45) is 14.1 Å². The van der Waals surface area contributed by atoms with Crippen molar-refractivity contribution in [2.45, 2.75) is 32.8 Å².